The molecule has 0 atom stereocenters. The average molecular weight is 335 g/mol. The Balaban J connectivity index is 2.03. The molecule has 2 heterocycles. The molecule has 126 valence electrons. The van der Waals surface area contributed by atoms with Gasteiger partial charge in [0.15, 0.2) is 5.82 Å². The van der Waals surface area contributed by atoms with Gasteiger partial charge in [0.25, 0.3) is 5.56 Å². The molecule has 0 N–H and O–H groups in total. The van der Waals surface area contributed by atoms with Gasteiger partial charge in [-0.15, -0.1) is 10.2 Å². The fraction of sp³-hybridized carbons (Fsp3) is 0.600. The van der Waals surface area contributed by atoms with Crippen LogP contribution in [-0.4, -0.2) is 45.1 Å². The van der Waals surface area contributed by atoms with Crippen LogP contribution in [0.4, 0.5) is 0 Å². The van der Waals surface area contributed by atoms with Crippen molar-refractivity contribution >= 4 is 19.6 Å². The summed E-state index contributed by atoms with van der Waals surface area (Å²) in [7, 11) is 2.33. The molecule has 7 nitrogen and oxygen atoms in total. The summed E-state index contributed by atoms with van der Waals surface area (Å²) in [5.74, 6) is 0.697. The van der Waals surface area contributed by atoms with E-state index in [0.717, 1.165) is 12.5 Å². The Morgan fingerprint density at radius 3 is 2.61 bits per heavy atom. The Morgan fingerprint density at radius 2 is 1.96 bits per heavy atom. The Labute approximate surface area is 137 Å². The van der Waals surface area contributed by atoms with Gasteiger partial charge in [-0.25, -0.2) is 0 Å². The van der Waals surface area contributed by atoms with Crippen LogP contribution in [0.2, 0.25) is 25.7 Å². The molecule has 23 heavy (non-hydrogen) atoms. The molecule has 2 aromatic rings. The number of fused-ring (bicyclic) bond motifs is 1. The molecule has 2 rings (SSSR count). The summed E-state index contributed by atoms with van der Waals surface area (Å²) in [6.45, 7) is 7.28. The van der Waals surface area contributed by atoms with Gasteiger partial charge in [0.1, 0.15) is 0 Å². The van der Waals surface area contributed by atoms with Crippen molar-refractivity contribution in [3.63, 3.8) is 0 Å². The second kappa shape index (κ2) is 6.65. The topological polar surface area (TPSA) is 72.5 Å². The number of carbonyl (C=O) groups excluding carboxylic acids is 1. The Morgan fingerprint density at radius 1 is 1.26 bits per heavy atom. The molecular formula is C15H25N5O2Si. The zero-order chi connectivity index (χ0) is 17.2. The van der Waals surface area contributed by atoms with Gasteiger partial charge in [-0.3, -0.25) is 14.0 Å². The summed E-state index contributed by atoms with van der Waals surface area (Å²) in [6.07, 6.45) is 4.90. The molecular weight excluding hydrogens is 310 g/mol. The summed E-state index contributed by atoms with van der Waals surface area (Å²) in [5.41, 5.74) is 0.0833. The van der Waals surface area contributed by atoms with Crippen LogP contribution < -0.4 is 5.56 Å². The molecule has 0 fully saturated rings. The summed E-state index contributed by atoms with van der Waals surface area (Å²) in [4.78, 5) is 25.8. The van der Waals surface area contributed by atoms with Crippen molar-refractivity contribution in [2.24, 2.45) is 7.05 Å². The van der Waals surface area contributed by atoms with Gasteiger partial charge < -0.3 is 9.47 Å². The Hall–Kier alpha value is -1.96. The highest BCUT2D eigenvalue weighted by Gasteiger charge is 2.17. The number of rotatable bonds is 6. The lowest BCUT2D eigenvalue weighted by molar-refractivity contribution is -0.130. The highest BCUT2D eigenvalue weighted by Crippen LogP contribution is 2.14. The number of amides is 1. The molecule has 0 aliphatic rings. The van der Waals surface area contributed by atoms with Crippen LogP contribution in [0.5, 0.6) is 0 Å². The predicted molar refractivity (Wildman–Crippen MR) is 92.1 cm³/mol. The fourth-order valence-corrected chi connectivity index (χ4v) is 3.62. The van der Waals surface area contributed by atoms with Crippen LogP contribution in [0.25, 0.3) is 5.65 Å². The van der Waals surface area contributed by atoms with Crippen molar-refractivity contribution in [3.8, 4) is 0 Å². The second-order valence-corrected chi connectivity index (χ2v) is 12.8. The van der Waals surface area contributed by atoms with Crippen molar-refractivity contribution in [3.05, 3.63) is 28.6 Å². The molecule has 0 saturated carbocycles. The van der Waals surface area contributed by atoms with E-state index in [0.29, 0.717) is 18.8 Å². The predicted octanol–water partition coefficient (Wildman–Crippen LogP) is 1.50. The third-order valence-corrected chi connectivity index (χ3v) is 5.69. The van der Waals surface area contributed by atoms with E-state index < -0.39 is 8.07 Å². The molecule has 0 aliphatic heterocycles. The summed E-state index contributed by atoms with van der Waals surface area (Å²) >= 11 is 0. The van der Waals surface area contributed by atoms with Crippen molar-refractivity contribution in [1.29, 1.82) is 0 Å². The van der Waals surface area contributed by atoms with E-state index in [1.165, 1.54) is 4.57 Å². The lowest BCUT2D eigenvalue weighted by Crippen LogP contribution is -2.28. The minimum atomic E-state index is -1.10. The maximum absolute atomic E-state index is 12.2. The van der Waals surface area contributed by atoms with E-state index in [1.807, 2.05) is 0 Å². The molecule has 0 unspecified atom stereocenters. The average Bonchev–Trinajstić information content (AvgIpc) is 2.85. The second-order valence-electron chi connectivity index (χ2n) is 7.19. The molecule has 0 aromatic carbocycles. The van der Waals surface area contributed by atoms with E-state index in [4.69, 9.17) is 0 Å². The maximum atomic E-state index is 12.2. The molecule has 0 bridgehead atoms. The van der Waals surface area contributed by atoms with Gasteiger partial charge in [-0.05, 0) is 6.42 Å². The van der Waals surface area contributed by atoms with E-state index in [-0.39, 0.29) is 17.1 Å². The maximum Gasteiger partial charge on any atom is 0.295 e. The molecule has 0 saturated heterocycles. The standard InChI is InChI=1S/C15H25N5O2Si/c1-18-8-9-20-12(16-17-14(20)15(18)22)11-19(2)13(21)7-6-10-23(3,4)5/h8-9H,6-7,10-11H2,1-5H3. The quantitative estimate of drug-likeness (QED) is 0.750. The lowest BCUT2D eigenvalue weighted by atomic mass is 10.3. The SMILES string of the molecule is CN(Cc1nnc2c(=O)n(C)ccn12)C(=O)CCC[Si](C)(C)C. The fourth-order valence-electron chi connectivity index (χ4n) is 2.39. The summed E-state index contributed by atoms with van der Waals surface area (Å²) in [5, 5.41) is 7.98. The van der Waals surface area contributed by atoms with Crippen molar-refractivity contribution in [1.82, 2.24) is 24.1 Å². The summed E-state index contributed by atoms with van der Waals surface area (Å²) < 4.78 is 3.10. The zero-order valence-corrected chi connectivity index (χ0v) is 15.5. The summed E-state index contributed by atoms with van der Waals surface area (Å²) in [6, 6.07) is 1.15. The number of nitrogens with zero attached hydrogens (tertiary/aromatic N) is 5. The molecule has 8 heteroatoms. The van der Waals surface area contributed by atoms with Gasteiger partial charge in [-0.1, -0.05) is 25.7 Å². The van der Waals surface area contributed by atoms with Crippen LogP contribution in [-0.2, 0) is 18.4 Å². The van der Waals surface area contributed by atoms with E-state index in [2.05, 4.69) is 29.8 Å². The number of carbonyl (C=O) groups is 1. The zero-order valence-electron chi connectivity index (χ0n) is 14.5. The molecule has 0 radical (unpaired) electrons. The first-order valence-corrected chi connectivity index (χ1v) is 11.5. The highest BCUT2D eigenvalue weighted by atomic mass is 28.3. The number of aromatic nitrogens is 4. The number of hydrogen-bond acceptors (Lipinski definition) is 4. The molecule has 0 spiro atoms. The smallest absolute Gasteiger partial charge is 0.295 e. The third-order valence-electron chi connectivity index (χ3n) is 3.84. The molecule has 2 aromatic heterocycles. The number of aryl methyl sites for hydroxylation is 1. The third kappa shape index (κ3) is 4.28. The van der Waals surface area contributed by atoms with Crippen LogP contribution >= 0.6 is 0 Å². The van der Waals surface area contributed by atoms with Gasteiger partial charge in [-0.2, -0.15) is 0 Å². The van der Waals surface area contributed by atoms with Gasteiger partial charge in [0, 0.05) is 41.0 Å². The van der Waals surface area contributed by atoms with Gasteiger partial charge in [0.05, 0.1) is 6.54 Å². The van der Waals surface area contributed by atoms with Gasteiger partial charge in [0.2, 0.25) is 11.6 Å². The Kier molecular flexibility index (Phi) is 5.03. The van der Waals surface area contributed by atoms with Crippen molar-refractivity contribution in [2.75, 3.05) is 7.05 Å². The highest BCUT2D eigenvalue weighted by molar-refractivity contribution is 6.76. The number of hydrogen-bond donors (Lipinski definition) is 0. The van der Waals surface area contributed by atoms with Crippen LogP contribution in [0, 0.1) is 0 Å². The monoisotopic (exact) mass is 335 g/mol. The first kappa shape index (κ1) is 17.4. The minimum absolute atomic E-state index is 0.101. The van der Waals surface area contributed by atoms with Crippen LogP contribution in [0.15, 0.2) is 17.2 Å². The van der Waals surface area contributed by atoms with Crippen molar-refractivity contribution in [2.45, 2.75) is 45.1 Å². The first-order valence-electron chi connectivity index (χ1n) is 7.82. The first-order chi connectivity index (χ1) is 10.7. The van der Waals surface area contributed by atoms with Crippen LogP contribution in [0.3, 0.4) is 0 Å². The molecule has 0 aliphatic carbocycles. The molecule has 1 amide bonds. The van der Waals surface area contributed by atoms with E-state index in [1.54, 1.807) is 35.8 Å². The van der Waals surface area contributed by atoms with Crippen LogP contribution in [0.1, 0.15) is 18.7 Å². The largest absolute Gasteiger partial charge is 0.338 e. The normalized spacial score (nSPS) is 11.9. The van der Waals surface area contributed by atoms with Gasteiger partial charge >= 0.3 is 0 Å². The Bertz CT molecular complexity index is 759. The lowest BCUT2D eigenvalue weighted by Gasteiger charge is -2.18. The van der Waals surface area contributed by atoms with Crippen molar-refractivity contribution < 1.29 is 4.79 Å². The van der Waals surface area contributed by atoms with E-state index >= 15 is 0 Å². The minimum Gasteiger partial charge on any atom is -0.338 e. The van der Waals surface area contributed by atoms with E-state index in [9.17, 15) is 9.59 Å².